The van der Waals surface area contributed by atoms with Crippen LogP contribution in [0.1, 0.15) is 107 Å². The zero-order valence-corrected chi connectivity index (χ0v) is 28.6. The Balaban J connectivity index is 2.22. The predicted molar refractivity (Wildman–Crippen MR) is 165 cm³/mol. The van der Waals surface area contributed by atoms with Crippen LogP contribution in [-0.2, 0) is 47.7 Å². The molecule has 3 aliphatic rings. The van der Waals surface area contributed by atoms with E-state index in [1.807, 2.05) is 6.92 Å². The van der Waals surface area contributed by atoms with Crippen molar-refractivity contribution in [3.8, 4) is 0 Å². The van der Waals surface area contributed by atoms with Crippen molar-refractivity contribution in [1.29, 1.82) is 0 Å². The number of allylic oxidation sites excluding steroid dienone is 1. The lowest BCUT2D eigenvalue weighted by atomic mass is 9.75. The minimum Gasteiger partial charge on any atom is -0.459 e. The number of ether oxygens (including phenoxy) is 5. The summed E-state index contributed by atoms with van der Waals surface area (Å²) in [5, 5.41) is 34.0. The van der Waals surface area contributed by atoms with E-state index in [4.69, 9.17) is 23.7 Å². The van der Waals surface area contributed by atoms with Gasteiger partial charge in [-0.15, -0.1) is 0 Å². The molecule has 47 heavy (non-hydrogen) atoms. The van der Waals surface area contributed by atoms with Gasteiger partial charge in [0.25, 0.3) is 0 Å². The van der Waals surface area contributed by atoms with Crippen LogP contribution >= 0.6 is 0 Å². The molecule has 2 aliphatic carbocycles. The molecule has 0 bridgehead atoms. The number of carbonyl (C=O) groups is 5. The fourth-order valence-corrected chi connectivity index (χ4v) is 6.99. The SMILES string of the molecule is C/C=C(/C)C(=O)O[C@H]1C(C)=C2[C@H]([C@@H]1OC(=O)CCC[C@@H](O)CCC)[C@@](C)(OC(C)=O)C[C@H](OC(=O)CCC)[C@@]1(O)[C@H]2OC(=O)[C@@]1(C)O. The summed E-state index contributed by atoms with van der Waals surface area (Å²) in [6.45, 7) is 12.1. The van der Waals surface area contributed by atoms with E-state index in [0.29, 0.717) is 25.7 Å². The third-order valence-corrected chi connectivity index (χ3v) is 9.57. The van der Waals surface area contributed by atoms with Crippen molar-refractivity contribution in [3.05, 3.63) is 22.8 Å². The fourth-order valence-electron chi connectivity index (χ4n) is 6.99. The summed E-state index contributed by atoms with van der Waals surface area (Å²) >= 11 is 0. The molecular formula is C34H50O13. The van der Waals surface area contributed by atoms with Crippen molar-refractivity contribution in [3.63, 3.8) is 0 Å². The molecule has 9 atom stereocenters. The molecule has 1 saturated carbocycles. The zero-order chi connectivity index (χ0) is 35.5. The van der Waals surface area contributed by atoms with E-state index in [1.54, 1.807) is 20.8 Å². The normalized spacial score (nSPS) is 34.1. The summed E-state index contributed by atoms with van der Waals surface area (Å²) in [4.78, 5) is 65.1. The number of carbonyl (C=O) groups excluding carboxylic acids is 5. The molecule has 0 aromatic rings. The van der Waals surface area contributed by atoms with Gasteiger partial charge < -0.3 is 39.0 Å². The maximum atomic E-state index is 13.4. The van der Waals surface area contributed by atoms with Crippen LogP contribution < -0.4 is 0 Å². The van der Waals surface area contributed by atoms with Gasteiger partial charge in [-0.1, -0.05) is 26.3 Å². The molecule has 1 saturated heterocycles. The van der Waals surface area contributed by atoms with Crippen molar-refractivity contribution >= 4 is 29.8 Å². The number of aliphatic hydroxyl groups excluding tert-OH is 1. The topological polar surface area (TPSA) is 192 Å². The number of esters is 5. The third kappa shape index (κ3) is 7.41. The van der Waals surface area contributed by atoms with Crippen molar-refractivity contribution in [2.75, 3.05) is 0 Å². The Hall–Kier alpha value is -3.29. The number of hydrogen-bond acceptors (Lipinski definition) is 13. The highest BCUT2D eigenvalue weighted by atomic mass is 16.6. The molecule has 0 amide bonds. The maximum Gasteiger partial charge on any atom is 0.341 e. The lowest BCUT2D eigenvalue weighted by Gasteiger charge is -2.41. The second-order valence-electron chi connectivity index (χ2n) is 13.2. The number of fused-ring (bicyclic) bond motifs is 3. The van der Waals surface area contributed by atoms with Crippen molar-refractivity contribution in [1.82, 2.24) is 0 Å². The van der Waals surface area contributed by atoms with Crippen molar-refractivity contribution in [2.45, 2.75) is 154 Å². The second kappa shape index (κ2) is 14.9. The fraction of sp³-hybridized carbons (Fsp3) is 0.735. The van der Waals surface area contributed by atoms with E-state index < -0.39 is 89.5 Å². The van der Waals surface area contributed by atoms with Gasteiger partial charge in [-0.05, 0) is 71.4 Å². The van der Waals surface area contributed by atoms with E-state index >= 15 is 0 Å². The van der Waals surface area contributed by atoms with Gasteiger partial charge in [0.1, 0.15) is 11.7 Å². The Morgan fingerprint density at radius 3 is 2.21 bits per heavy atom. The van der Waals surface area contributed by atoms with E-state index in [0.717, 1.165) is 20.3 Å². The lowest BCUT2D eigenvalue weighted by Crippen LogP contribution is -2.64. The molecule has 13 nitrogen and oxygen atoms in total. The first kappa shape index (κ1) is 38.2. The van der Waals surface area contributed by atoms with Crippen LogP contribution in [0.15, 0.2) is 22.8 Å². The summed E-state index contributed by atoms with van der Waals surface area (Å²) in [5.74, 6) is -5.30. The van der Waals surface area contributed by atoms with Crippen LogP contribution in [0, 0.1) is 5.92 Å². The Labute approximate surface area is 275 Å². The molecule has 3 N–H and O–H groups in total. The van der Waals surface area contributed by atoms with Gasteiger partial charge >= 0.3 is 29.8 Å². The first-order chi connectivity index (χ1) is 21.9. The monoisotopic (exact) mass is 666 g/mol. The molecule has 1 heterocycles. The third-order valence-electron chi connectivity index (χ3n) is 9.57. The van der Waals surface area contributed by atoms with Crippen LogP contribution in [0.3, 0.4) is 0 Å². The molecular weight excluding hydrogens is 616 g/mol. The zero-order valence-electron chi connectivity index (χ0n) is 28.6. The largest absolute Gasteiger partial charge is 0.459 e. The molecule has 2 fully saturated rings. The predicted octanol–water partition coefficient (Wildman–Crippen LogP) is 2.90. The van der Waals surface area contributed by atoms with Crippen LogP contribution in [0.4, 0.5) is 0 Å². The van der Waals surface area contributed by atoms with Gasteiger partial charge in [-0.3, -0.25) is 14.4 Å². The van der Waals surface area contributed by atoms with E-state index in [1.165, 1.54) is 19.9 Å². The molecule has 3 rings (SSSR count). The number of aliphatic hydroxyl groups is 3. The number of hydrogen-bond donors (Lipinski definition) is 3. The minimum atomic E-state index is -2.60. The van der Waals surface area contributed by atoms with E-state index in [-0.39, 0.29) is 29.6 Å². The highest BCUT2D eigenvalue weighted by molar-refractivity contribution is 5.88. The average Bonchev–Trinajstić information content (AvgIpc) is 3.30. The average molecular weight is 667 g/mol. The van der Waals surface area contributed by atoms with Crippen molar-refractivity contribution < 1.29 is 63.0 Å². The quantitative estimate of drug-likeness (QED) is 0.113. The Morgan fingerprint density at radius 2 is 1.64 bits per heavy atom. The first-order valence-corrected chi connectivity index (χ1v) is 16.4. The van der Waals surface area contributed by atoms with E-state index in [2.05, 4.69) is 0 Å². The molecule has 0 aromatic heterocycles. The molecule has 1 aliphatic heterocycles. The lowest BCUT2D eigenvalue weighted by molar-refractivity contribution is -0.212. The van der Waals surface area contributed by atoms with Gasteiger partial charge in [0, 0.05) is 31.8 Å². The summed E-state index contributed by atoms with van der Waals surface area (Å²) in [5.41, 5.74) is -6.33. The summed E-state index contributed by atoms with van der Waals surface area (Å²) in [6, 6.07) is 0. The molecule has 0 aromatic carbocycles. The van der Waals surface area contributed by atoms with E-state index in [9.17, 15) is 39.3 Å². The molecule has 0 spiro atoms. The van der Waals surface area contributed by atoms with Gasteiger partial charge in [0.15, 0.2) is 29.5 Å². The maximum absolute atomic E-state index is 13.4. The van der Waals surface area contributed by atoms with Gasteiger partial charge in [-0.2, -0.15) is 0 Å². The Kier molecular flexibility index (Phi) is 12.1. The van der Waals surface area contributed by atoms with Crippen LogP contribution in [0.2, 0.25) is 0 Å². The summed E-state index contributed by atoms with van der Waals surface area (Å²) in [7, 11) is 0. The minimum absolute atomic E-state index is 0.0425. The molecule has 0 radical (unpaired) electrons. The van der Waals surface area contributed by atoms with Crippen molar-refractivity contribution in [2.24, 2.45) is 5.92 Å². The molecule has 264 valence electrons. The first-order valence-electron chi connectivity index (χ1n) is 16.4. The van der Waals surface area contributed by atoms with Gasteiger partial charge in [-0.25, -0.2) is 9.59 Å². The van der Waals surface area contributed by atoms with Gasteiger partial charge in [0.2, 0.25) is 0 Å². The van der Waals surface area contributed by atoms with Gasteiger partial charge in [0.05, 0.1) is 12.0 Å². The number of rotatable bonds is 13. The summed E-state index contributed by atoms with van der Waals surface area (Å²) in [6.07, 6.45) is -3.17. The molecule has 0 unspecified atom stereocenters. The summed E-state index contributed by atoms with van der Waals surface area (Å²) < 4.78 is 29.2. The second-order valence-corrected chi connectivity index (χ2v) is 13.2. The highest BCUT2D eigenvalue weighted by Crippen LogP contribution is 2.57. The van der Waals surface area contributed by atoms with Crippen LogP contribution in [0.25, 0.3) is 0 Å². The van der Waals surface area contributed by atoms with Crippen LogP contribution in [0.5, 0.6) is 0 Å². The molecule has 13 heteroatoms. The van der Waals surface area contributed by atoms with Crippen LogP contribution in [-0.4, -0.2) is 92.5 Å². The Morgan fingerprint density at radius 1 is 1.00 bits per heavy atom. The smallest absolute Gasteiger partial charge is 0.341 e. The Bertz CT molecular complexity index is 1300. The standard InChI is InChI=1S/C34H50O13/c1-9-13-21(36)15-12-16-24(38)44-28-26-25(19(5)27(28)45-30(39)18(4)11-3)29-34(42,33(8,41)31(40)46-29)22(43-23(37)14-10-2)17-32(26,7)47-20(6)35/h11,21-22,26-29,36,41-42H,9-10,12-17H2,1-8H3/b18-11-/t21-,22-,26+,27-,28-,29-,32-,33+,34+/m0/s1. The highest BCUT2D eigenvalue weighted by Gasteiger charge is 2.76.